The first-order chi connectivity index (χ1) is 15.1. The minimum atomic E-state index is -1.04. The van der Waals surface area contributed by atoms with Crippen molar-refractivity contribution in [1.82, 2.24) is 10.2 Å². The highest BCUT2D eigenvalue weighted by atomic mass is 16.4. The Morgan fingerprint density at radius 1 is 0.903 bits per heavy atom. The topological polar surface area (TPSA) is 81.7 Å². The van der Waals surface area contributed by atoms with E-state index in [1.165, 1.54) is 16.3 Å². The van der Waals surface area contributed by atoms with Gasteiger partial charge in [0, 0.05) is 25.3 Å². The molecule has 0 unspecified atom stereocenters. The normalized spacial score (nSPS) is 16.0. The number of rotatable bonds is 7. The Bertz CT molecular complexity index is 1050. The number of nitrogens with zero attached hydrogens (tertiary/aromatic N) is 1. The first-order valence-electron chi connectivity index (χ1n) is 10.6. The number of aliphatic carboxylic acids is 1. The van der Waals surface area contributed by atoms with Gasteiger partial charge in [0.15, 0.2) is 0 Å². The third kappa shape index (κ3) is 4.86. The zero-order valence-electron chi connectivity index (χ0n) is 17.4. The molecule has 6 nitrogen and oxygen atoms in total. The van der Waals surface area contributed by atoms with Crippen molar-refractivity contribution in [3.63, 3.8) is 0 Å². The SMILES string of the molecule is O=C(O)CNC(=O)C1(Nc2ccccc2)CCN(Cc2cccc3ccccc23)CC1. The Morgan fingerprint density at radius 3 is 2.32 bits per heavy atom. The van der Waals surface area contributed by atoms with Crippen molar-refractivity contribution in [3.05, 3.63) is 78.4 Å². The highest BCUT2D eigenvalue weighted by Gasteiger charge is 2.41. The van der Waals surface area contributed by atoms with E-state index in [4.69, 9.17) is 5.11 Å². The van der Waals surface area contributed by atoms with Crippen molar-refractivity contribution in [1.29, 1.82) is 0 Å². The van der Waals surface area contributed by atoms with Gasteiger partial charge in [-0.2, -0.15) is 0 Å². The third-order valence-corrected chi connectivity index (χ3v) is 5.98. The number of nitrogens with one attached hydrogen (secondary N) is 2. The molecule has 1 fully saturated rings. The van der Waals surface area contributed by atoms with Gasteiger partial charge in [-0.25, -0.2) is 0 Å². The summed E-state index contributed by atoms with van der Waals surface area (Å²) in [5.74, 6) is -1.31. The van der Waals surface area contributed by atoms with Crippen molar-refractivity contribution in [2.45, 2.75) is 24.9 Å². The van der Waals surface area contributed by atoms with Gasteiger partial charge in [-0.3, -0.25) is 14.5 Å². The summed E-state index contributed by atoms with van der Waals surface area (Å²) in [5.41, 5.74) is 1.30. The van der Waals surface area contributed by atoms with Crippen molar-refractivity contribution in [2.24, 2.45) is 0 Å². The molecule has 3 N–H and O–H groups in total. The van der Waals surface area contributed by atoms with Crippen molar-refractivity contribution in [2.75, 3.05) is 25.0 Å². The lowest BCUT2D eigenvalue weighted by molar-refractivity contribution is -0.139. The van der Waals surface area contributed by atoms with Crippen LogP contribution in [0.4, 0.5) is 5.69 Å². The van der Waals surface area contributed by atoms with Gasteiger partial charge < -0.3 is 15.7 Å². The molecule has 4 rings (SSSR count). The Kier molecular flexibility index (Phi) is 6.18. The standard InChI is InChI=1S/C25H27N3O3/c29-23(30)17-26-24(31)25(27-21-10-2-1-3-11-21)13-15-28(16-14-25)18-20-9-6-8-19-7-4-5-12-22(19)20/h1-12,27H,13-18H2,(H,26,31)(H,29,30). The van der Waals surface area contributed by atoms with E-state index >= 15 is 0 Å². The second-order valence-electron chi connectivity index (χ2n) is 8.06. The highest BCUT2D eigenvalue weighted by Crippen LogP contribution is 2.29. The first-order valence-corrected chi connectivity index (χ1v) is 10.6. The lowest BCUT2D eigenvalue weighted by Crippen LogP contribution is -2.58. The van der Waals surface area contributed by atoms with E-state index < -0.39 is 11.5 Å². The van der Waals surface area contributed by atoms with Crippen LogP contribution in [0.25, 0.3) is 10.8 Å². The molecular formula is C25H27N3O3. The number of fused-ring (bicyclic) bond motifs is 1. The predicted molar refractivity (Wildman–Crippen MR) is 122 cm³/mol. The lowest BCUT2D eigenvalue weighted by Gasteiger charge is -2.41. The second kappa shape index (κ2) is 9.18. The first kappa shape index (κ1) is 20.9. The number of carboxylic acid groups (broad SMARTS) is 1. The Labute approximate surface area is 181 Å². The molecule has 0 atom stereocenters. The summed E-state index contributed by atoms with van der Waals surface area (Å²) in [6.45, 7) is 1.92. The van der Waals surface area contributed by atoms with E-state index in [1.54, 1.807) is 0 Å². The fourth-order valence-corrected chi connectivity index (χ4v) is 4.30. The average Bonchev–Trinajstić information content (AvgIpc) is 2.80. The number of likely N-dealkylation sites (tertiary alicyclic amines) is 1. The highest BCUT2D eigenvalue weighted by molar-refractivity contribution is 5.91. The van der Waals surface area contributed by atoms with E-state index in [0.717, 1.165) is 25.3 Å². The van der Waals surface area contributed by atoms with Crippen LogP contribution in [0.15, 0.2) is 72.8 Å². The number of hydrogen-bond acceptors (Lipinski definition) is 4. The molecule has 1 saturated heterocycles. The zero-order valence-corrected chi connectivity index (χ0v) is 17.4. The molecule has 3 aromatic rings. The third-order valence-electron chi connectivity index (χ3n) is 5.98. The maximum atomic E-state index is 13.0. The number of anilines is 1. The molecule has 6 heteroatoms. The summed E-state index contributed by atoms with van der Waals surface area (Å²) in [7, 11) is 0. The zero-order chi connectivity index (χ0) is 21.7. The van der Waals surface area contributed by atoms with Crippen molar-refractivity contribution in [3.8, 4) is 0 Å². The number of carboxylic acids is 1. The molecule has 0 aliphatic carbocycles. The molecule has 0 aromatic heterocycles. The number of benzene rings is 3. The van der Waals surface area contributed by atoms with Crippen LogP contribution in [0.1, 0.15) is 18.4 Å². The second-order valence-corrected chi connectivity index (χ2v) is 8.06. The van der Waals surface area contributed by atoms with Gasteiger partial charge in [-0.05, 0) is 41.3 Å². The van der Waals surface area contributed by atoms with E-state index in [-0.39, 0.29) is 12.5 Å². The number of carbonyl (C=O) groups is 2. The number of hydrogen-bond donors (Lipinski definition) is 3. The van der Waals surface area contributed by atoms with Gasteiger partial charge in [0.1, 0.15) is 12.1 Å². The van der Waals surface area contributed by atoms with Gasteiger partial charge >= 0.3 is 5.97 Å². The molecule has 31 heavy (non-hydrogen) atoms. The summed E-state index contributed by atoms with van der Waals surface area (Å²) in [6.07, 6.45) is 1.19. The fourth-order valence-electron chi connectivity index (χ4n) is 4.30. The summed E-state index contributed by atoms with van der Waals surface area (Å²) >= 11 is 0. The number of amides is 1. The molecule has 0 bridgehead atoms. The summed E-state index contributed by atoms with van der Waals surface area (Å²) in [5, 5.41) is 17.4. The van der Waals surface area contributed by atoms with Crippen LogP contribution in [0.3, 0.4) is 0 Å². The minimum Gasteiger partial charge on any atom is -0.480 e. The molecule has 1 heterocycles. The van der Waals surface area contributed by atoms with Crippen LogP contribution in [0.2, 0.25) is 0 Å². The summed E-state index contributed by atoms with van der Waals surface area (Å²) in [6, 6.07) is 24.4. The van der Waals surface area contributed by atoms with Crippen LogP contribution in [0, 0.1) is 0 Å². The number of para-hydroxylation sites is 1. The van der Waals surface area contributed by atoms with Gasteiger partial charge in [0.2, 0.25) is 5.91 Å². The van der Waals surface area contributed by atoms with Crippen LogP contribution in [-0.2, 0) is 16.1 Å². The maximum absolute atomic E-state index is 13.0. The molecular weight excluding hydrogens is 390 g/mol. The van der Waals surface area contributed by atoms with Crippen molar-refractivity contribution >= 4 is 28.3 Å². The van der Waals surface area contributed by atoms with Crippen LogP contribution >= 0.6 is 0 Å². The van der Waals surface area contributed by atoms with Crippen LogP contribution in [0.5, 0.6) is 0 Å². The molecule has 160 valence electrons. The Hall–Kier alpha value is -3.38. The van der Waals surface area contributed by atoms with Crippen LogP contribution in [-0.4, -0.2) is 47.1 Å². The van der Waals surface area contributed by atoms with Crippen molar-refractivity contribution < 1.29 is 14.7 Å². The Balaban J connectivity index is 1.49. The van der Waals surface area contributed by atoms with E-state index in [9.17, 15) is 9.59 Å². The van der Waals surface area contributed by atoms with E-state index in [1.807, 2.05) is 36.4 Å². The average molecular weight is 418 g/mol. The van der Waals surface area contributed by atoms with Crippen LogP contribution < -0.4 is 10.6 Å². The summed E-state index contributed by atoms with van der Waals surface area (Å²) in [4.78, 5) is 26.3. The molecule has 1 aliphatic heterocycles. The Morgan fingerprint density at radius 2 is 1.58 bits per heavy atom. The monoisotopic (exact) mass is 417 g/mol. The largest absolute Gasteiger partial charge is 0.480 e. The fraction of sp³-hybridized carbons (Fsp3) is 0.280. The smallest absolute Gasteiger partial charge is 0.322 e. The minimum absolute atomic E-state index is 0.261. The van der Waals surface area contributed by atoms with Gasteiger partial charge in [-0.1, -0.05) is 60.7 Å². The molecule has 0 radical (unpaired) electrons. The molecule has 3 aromatic carbocycles. The predicted octanol–water partition coefficient (Wildman–Crippen LogP) is 3.49. The number of piperidine rings is 1. The van der Waals surface area contributed by atoms with Gasteiger partial charge in [-0.15, -0.1) is 0 Å². The van der Waals surface area contributed by atoms with Gasteiger partial charge in [0.25, 0.3) is 0 Å². The quantitative estimate of drug-likeness (QED) is 0.548. The van der Waals surface area contributed by atoms with Gasteiger partial charge in [0.05, 0.1) is 0 Å². The molecule has 1 amide bonds. The number of carbonyl (C=O) groups excluding carboxylic acids is 1. The van der Waals surface area contributed by atoms with E-state index in [0.29, 0.717) is 12.8 Å². The molecule has 0 spiro atoms. The molecule has 0 saturated carbocycles. The lowest BCUT2D eigenvalue weighted by atomic mass is 9.85. The summed E-state index contributed by atoms with van der Waals surface area (Å²) < 4.78 is 0. The maximum Gasteiger partial charge on any atom is 0.322 e. The molecule has 1 aliphatic rings. The van der Waals surface area contributed by atoms with E-state index in [2.05, 4.69) is 51.9 Å².